The maximum absolute atomic E-state index is 6.01. The molecule has 0 aliphatic rings. The smallest absolute Gasteiger partial charge is 0.138 e. The van der Waals surface area contributed by atoms with Crippen LogP contribution < -0.4 is 5.73 Å². The Morgan fingerprint density at radius 2 is 2.25 bits per heavy atom. The van der Waals surface area contributed by atoms with Crippen molar-refractivity contribution in [1.29, 1.82) is 0 Å². The lowest BCUT2D eigenvalue weighted by Gasteiger charge is -2.11. The Morgan fingerprint density at radius 3 is 2.94 bits per heavy atom. The molecule has 0 fully saturated rings. The quantitative estimate of drug-likeness (QED) is 0.671. The number of nitrogens with zero attached hydrogens (tertiary/aromatic N) is 3. The first kappa shape index (κ1) is 13.1. The first-order valence-electron chi connectivity index (χ1n) is 5.97. The summed E-state index contributed by atoms with van der Waals surface area (Å²) in [6.45, 7) is 6.54. The predicted molar refractivity (Wildman–Crippen MR) is 63.1 cm³/mol. The predicted octanol–water partition coefficient (Wildman–Crippen LogP) is 0.984. The van der Waals surface area contributed by atoms with Crippen molar-refractivity contribution >= 4 is 0 Å². The highest BCUT2D eigenvalue weighted by Gasteiger charge is 2.09. The first-order valence-corrected chi connectivity index (χ1v) is 5.97. The van der Waals surface area contributed by atoms with E-state index in [9.17, 15) is 0 Å². The van der Waals surface area contributed by atoms with Gasteiger partial charge in [0, 0.05) is 32.2 Å². The van der Waals surface area contributed by atoms with Gasteiger partial charge in [0.05, 0.1) is 0 Å². The average Bonchev–Trinajstić information content (AvgIpc) is 2.71. The Labute approximate surface area is 97.0 Å². The number of aryl methyl sites for hydroxylation is 1. The van der Waals surface area contributed by atoms with Crippen molar-refractivity contribution in [2.24, 2.45) is 5.73 Å². The number of hydrogen-bond donors (Lipinski definition) is 1. The Bertz CT molecular complexity index is 287. The van der Waals surface area contributed by atoms with Gasteiger partial charge in [0.15, 0.2) is 0 Å². The van der Waals surface area contributed by atoms with Gasteiger partial charge in [0.1, 0.15) is 12.2 Å². The average molecular weight is 226 g/mol. The molecular formula is C11H22N4O. The van der Waals surface area contributed by atoms with Crippen LogP contribution in [0.3, 0.4) is 0 Å². The van der Waals surface area contributed by atoms with Gasteiger partial charge in [-0.1, -0.05) is 6.92 Å². The molecule has 0 saturated carbocycles. The number of aromatic nitrogens is 3. The van der Waals surface area contributed by atoms with Gasteiger partial charge in [-0.15, -0.1) is 0 Å². The minimum absolute atomic E-state index is 0.103. The molecule has 2 N–H and O–H groups in total. The van der Waals surface area contributed by atoms with Crippen LogP contribution in [0.4, 0.5) is 0 Å². The van der Waals surface area contributed by atoms with Crippen molar-refractivity contribution in [2.45, 2.75) is 45.7 Å². The van der Waals surface area contributed by atoms with Crippen molar-refractivity contribution in [3.63, 3.8) is 0 Å². The molecule has 0 amide bonds. The van der Waals surface area contributed by atoms with Crippen molar-refractivity contribution in [3.05, 3.63) is 12.2 Å². The minimum atomic E-state index is 0.103. The Hall–Kier alpha value is -0.940. The number of ether oxygens (including phenoxy) is 1. The zero-order chi connectivity index (χ0) is 11.8. The van der Waals surface area contributed by atoms with Crippen molar-refractivity contribution in [3.8, 4) is 0 Å². The number of hydrogen-bond acceptors (Lipinski definition) is 4. The first-order chi connectivity index (χ1) is 7.77. The molecule has 0 radical (unpaired) electrons. The standard InChI is InChI=1S/C11H22N4O/c1-3-6-16-7-5-10(12)8-11-13-9-14-15(11)4-2/h9-10H,3-8,12H2,1-2H3. The zero-order valence-electron chi connectivity index (χ0n) is 10.2. The maximum atomic E-state index is 6.01. The maximum Gasteiger partial charge on any atom is 0.138 e. The molecular weight excluding hydrogens is 204 g/mol. The molecule has 1 aromatic rings. The van der Waals surface area contributed by atoms with Crippen LogP contribution in [0.15, 0.2) is 6.33 Å². The summed E-state index contributed by atoms with van der Waals surface area (Å²) in [5.41, 5.74) is 6.01. The third-order valence-electron chi connectivity index (χ3n) is 2.42. The van der Waals surface area contributed by atoms with Gasteiger partial charge >= 0.3 is 0 Å². The minimum Gasteiger partial charge on any atom is -0.381 e. The molecule has 1 heterocycles. The van der Waals surface area contributed by atoms with E-state index in [4.69, 9.17) is 10.5 Å². The van der Waals surface area contributed by atoms with Gasteiger partial charge in [0.25, 0.3) is 0 Å². The third-order valence-corrected chi connectivity index (χ3v) is 2.42. The van der Waals surface area contributed by atoms with Crippen LogP contribution in [0.2, 0.25) is 0 Å². The fraction of sp³-hybridized carbons (Fsp3) is 0.818. The van der Waals surface area contributed by atoms with E-state index in [-0.39, 0.29) is 6.04 Å². The van der Waals surface area contributed by atoms with Crippen molar-refractivity contribution < 1.29 is 4.74 Å². The van der Waals surface area contributed by atoms with E-state index in [1.165, 1.54) is 0 Å². The molecule has 0 spiro atoms. The molecule has 1 unspecified atom stereocenters. The topological polar surface area (TPSA) is 66.0 Å². The lowest BCUT2D eigenvalue weighted by atomic mass is 10.1. The monoisotopic (exact) mass is 226 g/mol. The summed E-state index contributed by atoms with van der Waals surface area (Å²) in [5.74, 6) is 0.963. The van der Waals surface area contributed by atoms with Crippen molar-refractivity contribution in [1.82, 2.24) is 14.8 Å². The molecule has 0 aliphatic carbocycles. The summed E-state index contributed by atoms with van der Waals surface area (Å²) < 4.78 is 7.29. The molecule has 0 bridgehead atoms. The Balaban J connectivity index is 2.25. The highest BCUT2D eigenvalue weighted by Crippen LogP contribution is 2.01. The summed E-state index contributed by atoms with van der Waals surface area (Å²) in [7, 11) is 0. The Kier molecular flexibility index (Phi) is 6.03. The summed E-state index contributed by atoms with van der Waals surface area (Å²) >= 11 is 0. The SMILES string of the molecule is CCCOCCC(N)Cc1ncnn1CC. The van der Waals surface area contributed by atoms with Crippen LogP contribution in [0, 0.1) is 0 Å². The van der Waals surface area contributed by atoms with Gasteiger partial charge < -0.3 is 10.5 Å². The molecule has 0 saturated heterocycles. The molecule has 92 valence electrons. The van der Waals surface area contributed by atoms with E-state index >= 15 is 0 Å². The highest BCUT2D eigenvalue weighted by molar-refractivity contribution is 4.88. The molecule has 1 rings (SSSR count). The zero-order valence-corrected chi connectivity index (χ0v) is 10.2. The lowest BCUT2D eigenvalue weighted by Crippen LogP contribution is -2.26. The van der Waals surface area contributed by atoms with E-state index in [0.717, 1.165) is 44.8 Å². The van der Waals surface area contributed by atoms with Crippen LogP contribution in [-0.2, 0) is 17.7 Å². The largest absolute Gasteiger partial charge is 0.381 e. The Morgan fingerprint density at radius 1 is 1.44 bits per heavy atom. The van der Waals surface area contributed by atoms with E-state index in [2.05, 4.69) is 17.0 Å². The van der Waals surface area contributed by atoms with Gasteiger partial charge in [-0.05, 0) is 19.8 Å². The molecule has 0 aliphatic heterocycles. The van der Waals surface area contributed by atoms with E-state index in [0.29, 0.717) is 0 Å². The summed E-state index contributed by atoms with van der Waals surface area (Å²) in [6.07, 6.45) is 4.28. The van der Waals surface area contributed by atoms with Crippen LogP contribution >= 0.6 is 0 Å². The number of nitrogens with two attached hydrogens (primary N) is 1. The fourth-order valence-corrected chi connectivity index (χ4v) is 1.53. The van der Waals surface area contributed by atoms with Crippen LogP contribution in [-0.4, -0.2) is 34.0 Å². The highest BCUT2D eigenvalue weighted by atomic mass is 16.5. The summed E-state index contributed by atoms with van der Waals surface area (Å²) in [5, 5.41) is 4.12. The lowest BCUT2D eigenvalue weighted by molar-refractivity contribution is 0.127. The van der Waals surface area contributed by atoms with E-state index in [1.807, 2.05) is 11.6 Å². The van der Waals surface area contributed by atoms with Gasteiger partial charge in [-0.2, -0.15) is 5.10 Å². The number of rotatable bonds is 8. The van der Waals surface area contributed by atoms with E-state index in [1.54, 1.807) is 6.33 Å². The summed E-state index contributed by atoms with van der Waals surface area (Å²) in [4.78, 5) is 4.20. The second-order valence-electron chi connectivity index (χ2n) is 3.86. The molecule has 5 nitrogen and oxygen atoms in total. The second-order valence-corrected chi connectivity index (χ2v) is 3.86. The van der Waals surface area contributed by atoms with Gasteiger partial charge in [-0.3, -0.25) is 4.68 Å². The summed E-state index contributed by atoms with van der Waals surface area (Å²) in [6, 6.07) is 0.103. The van der Waals surface area contributed by atoms with Gasteiger partial charge in [-0.25, -0.2) is 4.98 Å². The van der Waals surface area contributed by atoms with Gasteiger partial charge in [0.2, 0.25) is 0 Å². The molecule has 0 aromatic carbocycles. The fourth-order valence-electron chi connectivity index (χ4n) is 1.53. The third kappa shape index (κ3) is 4.28. The molecule has 1 atom stereocenters. The normalized spacial score (nSPS) is 12.9. The van der Waals surface area contributed by atoms with Crippen LogP contribution in [0.5, 0.6) is 0 Å². The second kappa shape index (κ2) is 7.35. The van der Waals surface area contributed by atoms with E-state index < -0.39 is 0 Å². The van der Waals surface area contributed by atoms with Crippen LogP contribution in [0.1, 0.15) is 32.5 Å². The van der Waals surface area contributed by atoms with Crippen molar-refractivity contribution in [2.75, 3.05) is 13.2 Å². The molecule has 16 heavy (non-hydrogen) atoms. The van der Waals surface area contributed by atoms with Crippen LogP contribution in [0.25, 0.3) is 0 Å². The molecule has 5 heteroatoms. The molecule has 1 aromatic heterocycles.